The van der Waals surface area contributed by atoms with Gasteiger partial charge in [0.2, 0.25) is 5.91 Å². The van der Waals surface area contributed by atoms with Crippen LogP contribution in [0.2, 0.25) is 0 Å². The van der Waals surface area contributed by atoms with Crippen LogP contribution < -0.4 is 16.8 Å². The molecular formula is C15H19N3O3. The number of oxazole rings is 1. The number of fused-ring (bicyclic) bond motifs is 1. The summed E-state index contributed by atoms with van der Waals surface area (Å²) in [6.45, 7) is -0.0359. The number of nitrogen functional groups attached to an aromatic ring is 1. The summed E-state index contributed by atoms with van der Waals surface area (Å²) in [4.78, 5) is 24.0. The Labute approximate surface area is 121 Å². The third-order valence-corrected chi connectivity index (χ3v) is 3.96. The van der Waals surface area contributed by atoms with Gasteiger partial charge >= 0.3 is 5.76 Å². The molecular weight excluding hydrogens is 270 g/mol. The molecule has 0 radical (unpaired) electrons. The molecule has 1 aromatic carbocycles. The molecule has 0 saturated heterocycles. The summed E-state index contributed by atoms with van der Waals surface area (Å²) in [6, 6.07) is 5.18. The Morgan fingerprint density at radius 2 is 2.10 bits per heavy atom. The van der Waals surface area contributed by atoms with Gasteiger partial charge in [0.15, 0.2) is 5.58 Å². The number of nitrogens with zero attached hydrogens (tertiary/aromatic N) is 1. The highest BCUT2D eigenvalue weighted by Crippen LogP contribution is 2.18. The number of aromatic nitrogens is 1. The lowest BCUT2D eigenvalue weighted by atomic mass is 9.95. The lowest BCUT2D eigenvalue weighted by Gasteiger charge is -2.22. The first-order valence-electron chi connectivity index (χ1n) is 7.32. The number of nitrogens with one attached hydrogen (secondary N) is 1. The standard InChI is InChI=1S/C15H19N3O3/c16-10-6-7-13-12(8-10)18(15(20)21-13)9-14(19)17-11-4-2-1-3-5-11/h6-8,11H,1-5,9,16H2,(H,17,19). The van der Waals surface area contributed by atoms with Gasteiger partial charge in [-0.1, -0.05) is 19.3 Å². The molecule has 3 rings (SSSR count). The van der Waals surface area contributed by atoms with Crippen LogP contribution in [0, 0.1) is 0 Å². The second-order valence-electron chi connectivity index (χ2n) is 5.58. The molecule has 3 N–H and O–H groups in total. The highest BCUT2D eigenvalue weighted by Gasteiger charge is 2.18. The van der Waals surface area contributed by atoms with Gasteiger partial charge in [0, 0.05) is 11.7 Å². The fourth-order valence-corrected chi connectivity index (χ4v) is 2.89. The van der Waals surface area contributed by atoms with E-state index in [0.29, 0.717) is 16.8 Å². The molecule has 1 fully saturated rings. The predicted molar refractivity (Wildman–Crippen MR) is 79.9 cm³/mol. The van der Waals surface area contributed by atoms with Gasteiger partial charge in [0.1, 0.15) is 6.54 Å². The minimum absolute atomic E-state index is 0.0359. The van der Waals surface area contributed by atoms with Crippen LogP contribution in [-0.2, 0) is 11.3 Å². The first-order chi connectivity index (χ1) is 10.1. The molecule has 0 atom stereocenters. The molecule has 0 bridgehead atoms. The van der Waals surface area contributed by atoms with Crippen LogP contribution in [0.1, 0.15) is 32.1 Å². The molecule has 0 spiro atoms. The lowest BCUT2D eigenvalue weighted by Crippen LogP contribution is -2.39. The Morgan fingerprint density at radius 3 is 2.86 bits per heavy atom. The van der Waals surface area contributed by atoms with E-state index in [1.807, 2.05) is 0 Å². The SMILES string of the molecule is Nc1ccc2oc(=O)n(CC(=O)NC3CCCCC3)c2c1. The Hall–Kier alpha value is -2.24. The van der Waals surface area contributed by atoms with E-state index in [9.17, 15) is 9.59 Å². The van der Waals surface area contributed by atoms with Crippen LogP contribution in [-0.4, -0.2) is 16.5 Å². The predicted octanol–water partition coefficient (Wildman–Crippen LogP) is 1.63. The fraction of sp³-hybridized carbons (Fsp3) is 0.467. The van der Waals surface area contributed by atoms with Gasteiger partial charge in [0.25, 0.3) is 0 Å². The Balaban J connectivity index is 1.77. The third-order valence-electron chi connectivity index (χ3n) is 3.96. The maximum atomic E-state index is 12.1. The van der Waals surface area contributed by atoms with Gasteiger partial charge in [-0.2, -0.15) is 0 Å². The molecule has 1 aliphatic rings. The van der Waals surface area contributed by atoms with E-state index in [4.69, 9.17) is 10.2 Å². The first kappa shape index (κ1) is 13.7. The minimum Gasteiger partial charge on any atom is -0.408 e. The van der Waals surface area contributed by atoms with Crippen molar-refractivity contribution in [2.24, 2.45) is 0 Å². The minimum atomic E-state index is -0.533. The Kier molecular flexibility index (Phi) is 3.68. The van der Waals surface area contributed by atoms with Crippen LogP contribution in [0.25, 0.3) is 11.1 Å². The molecule has 6 heteroatoms. The summed E-state index contributed by atoms with van der Waals surface area (Å²) in [7, 11) is 0. The zero-order chi connectivity index (χ0) is 14.8. The maximum Gasteiger partial charge on any atom is 0.420 e. The molecule has 1 amide bonds. The van der Waals surface area contributed by atoms with Crippen molar-refractivity contribution in [2.45, 2.75) is 44.7 Å². The van der Waals surface area contributed by atoms with Gasteiger partial charge < -0.3 is 15.5 Å². The molecule has 6 nitrogen and oxygen atoms in total. The third kappa shape index (κ3) is 2.94. The number of carbonyl (C=O) groups is 1. The largest absolute Gasteiger partial charge is 0.420 e. The van der Waals surface area contributed by atoms with Crippen molar-refractivity contribution in [3.05, 3.63) is 28.7 Å². The topological polar surface area (TPSA) is 90.3 Å². The number of anilines is 1. The number of carbonyl (C=O) groups excluding carboxylic acids is 1. The van der Waals surface area contributed by atoms with Gasteiger partial charge in [-0.3, -0.25) is 9.36 Å². The number of benzene rings is 1. The first-order valence-corrected chi connectivity index (χ1v) is 7.32. The van der Waals surface area contributed by atoms with E-state index < -0.39 is 5.76 Å². The molecule has 2 aromatic rings. The summed E-state index contributed by atoms with van der Waals surface area (Å²) >= 11 is 0. The molecule has 21 heavy (non-hydrogen) atoms. The van der Waals surface area contributed by atoms with Gasteiger partial charge in [-0.25, -0.2) is 4.79 Å². The van der Waals surface area contributed by atoms with E-state index >= 15 is 0 Å². The number of rotatable bonds is 3. The van der Waals surface area contributed by atoms with Crippen LogP contribution in [0.15, 0.2) is 27.4 Å². The Morgan fingerprint density at radius 1 is 1.33 bits per heavy atom. The van der Waals surface area contributed by atoms with Crippen molar-refractivity contribution in [1.82, 2.24) is 9.88 Å². The van der Waals surface area contributed by atoms with Gasteiger partial charge in [-0.05, 0) is 31.0 Å². The van der Waals surface area contributed by atoms with Crippen molar-refractivity contribution in [2.75, 3.05) is 5.73 Å². The van der Waals surface area contributed by atoms with Crippen LogP contribution >= 0.6 is 0 Å². The second-order valence-corrected chi connectivity index (χ2v) is 5.58. The Bertz CT molecular complexity index is 711. The number of nitrogens with two attached hydrogens (primary N) is 1. The summed E-state index contributed by atoms with van der Waals surface area (Å²) in [5, 5.41) is 2.99. The molecule has 1 saturated carbocycles. The van der Waals surface area contributed by atoms with Crippen molar-refractivity contribution >= 4 is 22.7 Å². The summed E-state index contributed by atoms with van der Waals surface area (Å²) in [5.74, 6) is -0.691. The molecule has 1 heterocycles. The molecule has 0 aliphatic heterocycles. The fourth-order valence-electron chi connectivity index (χ4n) is 2.89. The number of amides is 1. The zero-order valence-corrected chi connectivity index (χ0v) is 11.8. The average Bonchev–Trinajstić information content (AvgIpc) is 2.76. The molecule has 0 unspecified atom stereocenters. The van der Waals surface area contributed by atoms with Crippen LogP contribution in [0.3, 0.4) is 0 Å². The van der Waals surface area contributed by atoms with Crippen molar-refractivity contribution in [1.29, 1.82) is 0 Å². The quantitative estimate of drug-likeness (QED) is 0.840. The molecule has 112 valence electrons. The normalized spacial score (nSPS) is 16.2. The van der Waals surface area contributed by atoms with E-state index in [1.54, 1.807) is 18.2 Å². The maximum absolute atomic E-state index is 12.1. The lowest BCUT2D eigenvalue weighted by molar-refractivity contribution is -0.122. The second kappa shape index (κ2) is 5.63. The van der Waals surface area contributed by atoms with Crippen LogP contribution in [0.5, 0.6) is 0 Å². The van der Waals surface area contributed by atoms with Gasteiger partial charge in [-0.15, -0.1) is 0 Å². The van der Waals surface area contributed by atoms with E-state index in [-0.39, 0.29) is 18.5 Å². The van der Waals surface area contributed by atoms with Crippen molar-refractivity contribution < 1.29 is 9.21 Å². The van der Waals surface area contributed by atoms with E-state index in [1.165, 1.54) is 11.0 Å². The summed E-state index contributed by atoms with van der Waals surface area (Å²) in [5.41, 5.74) is 7.26. The zero-order valence-electron chi connectivity index (χ0n) is 11.8. The molecule has 1 aliphatic carbocycles. The van der Waals surface area contributed by atoms with Gasteiger partial charge in [0.05, 0.1) is 5.52 Å². The van der Waals surface area contributed by atoms with Crippen molar-refractivity contribution in [3.63, 3.8) is 0 Å². The number of hydrogen-bond acceptors (Lipinski definition) is 4. The smallest absolute Gasteiger partial charge is 0.408 e. The van der Waals surface area contributed by atoms with Crippen LogP contribution in [0.4, 0.5) is 5.69 Å². The summed E-state index contributed by atoms with van der Waals surface area (Å²) < 4.78 is 6.44. The highest BCUT2D eigenvalue weighted by atomic mass is 16.4. The van der Waals surface area contributed by atoms with E-state index in [0.717, 1.165) is 25.7 Å². The van der Waals surface area contributed by atoms with E-state index in [2.05, 4.69) is 5.32 Å². The average molecular weight is 289 g/mol. The molecule has 1 aromatic heterocycles. The summed E-state index contributed by atoms with van der Waals surface area (Å²) in [6.07, 6.45) is 5.56. The highest BCUT2D eigenvalue weighted by molar-refractivity contribution is 5.81. The number of hydrogen-bond donors (Lipinski definition) is 2. The van der Waals surface area contributed by atoms with Crippen molar-refractivity contribution in [3.8, 4) is 0 Å². The monoisotopic (exact) mass is 289 g/mol.